The lowest BCUT2D eigenvalue weighted by molar-refractivity contribution is 0.201. The standard InChI is InChI=1S/C23H23ClN4O/c1-14-19(23(24)27(2)26-14)13-28-11-10-18-17-8-3-4-9-20(17)25-21(18)22(28)15-6-5-7-16(29)12-15/h3-9,12,22,25,29H,10-11,13H2,1-2H3. The molecule has 29 heavy (non-hydrogen) atoms. The maximum absolute atomic E-state index is 10.1. The van der Waals surface area contributed by atoms with Crippen molar-refractivity contribution >= 4 is 22.5 Å². The summed E-state index contributed by atoms with van der Waals surface area (Å²) in [5.74, 6) is 0.279. The molecule has 5 rings (SSSR count). The van der Waals surface area contributed by atoms with Gasteiger partial charge in [-0.2, -0.15) is 5.10 Å². The number of aryl methyl sites for hydroxylation is 2. The van der Waals surface area contributed by atoms with E-state index in [9.17, 15) is 5.11 Å². The van der Waals surface area contributed by atoms with Crippen LogP contribution in [0.3, 0.4) is 0 Å². The molecule has 4 aromatic rings. The van der Waals surface area contributed by atoms with Crippen LogP contribution in [0.1, 0.15) is 34.1 Å². The van der Waals surface area contributed by atoms with Crippen LogP contribution in [0, 0.1) is 6.92 Å². The fourth-order valence-electron chi connectivity index (χ4n) is 4.59. The van der Waals surface area contributed by atoms with E-state index in [1.54, 1.807) is 10.7 Å². The summed E-state index contributed by atoms with van der Waals surface area (Å²) in [6.07, 6.45) is 0.964. The average Bonchev–Trinajstić information content (AvgIpc) is 3.20. The zero-order valence-electron chi connectivity index (χ0n) is 16.5. The van der Waals surface area contributed by atoms with Crippen LogP contribution in [0.4, 0.5) is 0 Å². The summed E-state index contributed by atoms with van der Waals surface area (Å²) in [6, 6.07) is 16.0. The molecule has 0 radical (unpaired) electrons. The van der Waals surface area contributed by atoms with E-state index in [0.29, 0.717) is 11.7 Å². The second-order valence-electron chi connectivity index (χ2n) is 7.76. The Balaban J connectivity index is 1.65. The number of phenols is 1. The highest BCUT2D eigenvalue weighted by atomic mass is 35.5. The van der Waals surface area contributed by atoms with Gasteiger partial charge in [0.1, 0.15) is 10.9 Å². The Hall–Kier alpha value is -2.76. The number of para-hydroxylation sites is 1. The maximum Gasteiger partial charge on any atom is 0.131 e. The van der Waals surface area contributed by atoms with E-state index in [-0.39, 0.29) is 11.8 Å². The van der Waals surface area contributed by atoms with Gasteiger partial charge in [-0.05, 0) is 42.7 Å². The topological polar surface area (TPSA) is 57.1 Å². The molecule has 2 N–H and O–H groups in total. The molecule has 5 nitrogen and oxygen atoms in total. The largest absolute Gasteiger partial charge is 0.508 e. The van der Waals surface area contributed by atoms with E-state index in [1.165, 1.54) is 16.6 Å². The van der Waals surface area contributed by atoms with Crippen LogP contribution in [0.15, 0.2) is 48.5 Å². The lowest BCUT2D eigenvalue weighted by Gasteiger charge is -2.36. The number of aromatic hydroxyl groups is 1. The third-order valence-electron chi connectivity index (χ3n) is 5.95. The summed E-state index contributed by atoms with van der Waals surface area (Å²) in [6.45, 7) is 3.61. The summed E-state index contributed by atoms with van der Waals surface area (Å²) >= 11 is 6.54. The molecule has 0 saturated carbocycles. The van der Waals surface area contributed by atoms with E-state index in [0.717, 1.165) is 35.3 Å². The van der Waals surface area contributed by atoms with Crippen LogP contribution in [0.25, 0.3) is 10.9 Å². The quantitative estimate of drug-likeness (QED) is 0.517. The number of fused-ring (bicyclic) bond motifs is 3. The van der Waals surface area contributed by atoms with Crippen molar-refractivity contribution < 1.29 is 5.11 Å². The first-order chi connectivity index (χ1) is 14.0. The smallest absolute Gasteiger partial charge is 0.131 e. The van der Waals surface area contributed by atoms with Gasteiger partial charge in [-0.1, -0.05) is 41.9 Å². The van der Waals surface area contributed by atoms with Crippen LogP contribution in [0.5, 0.6) is 5.75 Å². The van der Waals surface area contributed by atoms with E-state index >= 15 is 0 Å². The number of aromatic amines is 1. The molecule has 0 spiro atoms. The van der Waals surface area contributed by atoms with Crippen LogP contribution >= 0.6 is 11.6 Å². The van der Waals surface area contributed by atoms with Crippen molar-refractivity contribution in [2.45, 2.75) is 25.9 Å². The first kappa shape index (κ1) is 18.3. The molecule has 3 heterocycles. The zero-order valence-corrected chi connectivity index (χ0v) is 17.2. The van der Waals surface area contributed by atoms with E-state index in [2.05, 4.69) is 45.3 Å². The number of nitrogens with zero attached hydrogens (tertiary/aromatic N) is 3. The molecule has 1 atom stereocenters. The van der Waals surface area contributed by atoms with Crippen molar-refractivity contribution in [1.82, 2.24) is 19.7 Å². The normalized spacial score (nSPS) is 17.0. The Morgan fingerprint density at radius 1 is 1.21 bits per heavy atom. The zero-order chi connectivity index (χ0) is 20.1. The molecule has 1 unspecified atom stereocenters. The average molecular weight is 407 g/mol. The second-order valence-corrected chi connectivity index (χ2v) is 8.12. The Kier molecular flexibility index (Phi) is 4.37. The lowest BCUT2D eigenvalue weighted by atomic mass is 9.92. The number of hydrogen-bond acceptors (Lipinski definition) is 3. The number of H-pyrrole nitrogens is 1. The van der Waals surface area contributed by atoms with Gasteiger partial charge in [-0.15, -0.1) is 0 Å². The Morgan fingerprint density at radius 2 is 2.03 bits per heavy atom. The number of benzene rings is 2. The van der Waals surface area contributed by atoms with Gasteiger partial charge in [0.2, 0.25) is 0 Å². The summed E-state index contributed by atoms with van der Waals surface area (Å²) in [7, 11) is 1.87. The second kappa shape index (κ2) is 6.94. The number of hydrogen-bond donors (Lipinski definition) is 2. The van der Waals surface area contributed by atoms with Crippen molar-refractivity contribution in [3.63, 3.8) is 0 Å². The van der Waals surface area contributed by atoms with Crippen LogP contribution < -0.4 is 0 Å². The number of nitrogens with one attached hydrogen (secondary N) is 1. The molecule has 0 saturated heterocycles. The number of aromatic nitrogens is 3. The van der Waals surface area contributed by atoms with Crippen molar-refractivity contribution in [1.29, 1.82) is 0 Å². The fraction of sp³-hybridized carbons (Fsp3) is 0.261. The Labute approximate surface area is 174 Å². The minimum atomic E-state index is 0.00826. The minimum Gasteiger partial charge on any atom is -0.508 e. The minimum absolute atomic E-state index is 0.00826. The molecule has 0 amide bonds. The monoisotopic (exact) mass is 406 g/mol. The van der Waals surface area contributed by atoms with Gasteiger partial charge in [-0.3, -0.25) is 9.58 Å². The van der Waals surface area contributed by atoms with Crippen molar-refractivity contribution in [2.75, 3.05) is 6.54 Å². The molecule has 148 valence electrons. The Morgan fingerprint density at radius 3 is 2.79 bits per heavy atom. The summed E-state index contributed by atoms with van der Waals surface area (Å²) < 4.78 is 1.73. The Bertz CT molecular complexity index is 1210. The molecule has 0 fully saturated rings. The predicted molar refractivity (Wildman–Crippen MR) is 115 cm³/mol. The molecule has 2 aromatic heterocycles. The molecule has 1 aliphatic heterocycles. The first-order valence-corrected chi connectivity index (χ1v) is 10.2. The highest BCUT2D eigenvalue weighted by Gasteiger charge is 2.32. The van der Waals surface area contributed by atoms with Crippen LogP contribution in [-0.4, -0.2) is 31.3 Å². The van der Waals surface area contributed by atoms with Gasteiger partial charge >= 0.3 is 0 Å². The number of halogens is 1. The maximum atomic E-state index is 10.1. The predicted octanol–water partition coefficient (Wildman–Crippen LogP) is 4.72. The number of rotatable bonds is 3. The van der Waals surface area contributed by atoms with Crippen LogP contribution in [-0.2, 0) is 20.0 Å². The first-order valence-electron chi connectivity index (χ1n) is 9.83. The fourth-order valence-corrected chi connectivity index (χ4v) is 4.82. The van der Waals surface area contributed by atoms with Crippen molar-refractivity contribution in [2.24, 2.45) is 7.05 Å². The van der Waals surface area contributed by atoms with Crippen molar-refractivity contribution in [3.05, 3.63) is 81.8 Å². The third-order valence-corrected chi connectivity index (χ3v) is 6.42. The summed E-state index contributed by atoms with van der Waals surface area (Å²) in [5.41, 5.74) is 6.78. The van der Waals surface area contributed by atoms with Gasteiger partial charge in [0.15, 0.2) is 0 Å². The molecule has 1 aliphatic rings. The van der Waals surface area contributed by atoms with Gasteiger partial charge in [-0.25, -0.2) is 0 Å². The molecular weight excluding hydrogens is 384 g/mol. The molecule has 6 heteroatoms. The van der Waals surface area contributed by atoms with Crippen molar-refractivity contribution in [3.8, 4) is 5.75 Å². The molecule has 2 aromatic carbocycles. The highest BCUT2D eigenvalue weighted by molar-refractivity contribution is 6.30. The van der Waals surface area contributed by atoms with E-state index in [4.69, 9.17) is 11.6 Å². The van der Waals surface area contributed by atoms with Gasteiger partial charge in [0.05, 0.1) is 11.7 Å². The summed E-state index contributed by atoms with van der Waals surface area (Å²) in [4.78, 5) is 6.08. The number of phenolic OH excluding ortho intramolecular Hbond substituents is 1. The van der Waals surface area contributed by atoms with Gasteiger partial charge in [0, 0.05) is 42.3 Å². The molecule has 0 aliphatic carbocycles. The molecular formula is C23H23ClN4O. The molecule has 0 bridgehead atoms. The van der Waals surface area contributed by atoms with E-state index in [1.807, 2.05) is 26.1 Å². The van der Waals surface area contributed by atoms with Gasteiger partial charge in [0.25, 0.3) is 0 Å². The summed E-state index contributed by atoms with van der Waals surface area (Å²) in [5, 5.41) is 16.6. The van der Waals surface area contributed by atoms with E-state index < -0.39 is 0 Å². The SMILES string of the molecule is Cc1nn(C)c(Cl)c1CN1CCc2c([nH]c3ccccc23)C1c1cccc(O)c1. The van der Waals surface area contributed by atoms with Gasteiger partial charge < -0.3 is 10.1 Å². The third kappa shape index (κ3) is 3.02. The highest BCUT2D eigenvalue weighted by Crippen LogP contribution is 2.40. The van der Waals surface area contributed by atoms with Crippen LogP contribution in [0.2, 0.25) is 5.15 Å². The lowest BCUT2D eigenvalue weighted by Crippen LogP contribution is -2.35.